The Morgan fingerprint density at radius 1 is 0.289 bits per heavy atom. The molecule has 18 rings (SSSR count). The van der Waals surface area contributed by atoms with Crippen LogP contribution < -0.4 is 14.7 Å². The molecule has 0 atom stereocenters. The summed E-state index contributed by atoms with van der Waals surface area (Å²) in [4.78, 5) is 4.86. The second kappa shape index (κ2) is 21.0. The van der Waals surface area contributed by atoms with Crippen LogP contribution in [0.5, 0.6) is 0 Å². The molecule has 0 N–H and O–H groups in total. The van der Waals surface area contributed by atoms with Crippen molar-refractivity contribution in [3.63, 3.8) is 0 Å². The smallest absolute Gasteiger partial charge is 0.0948 e. The molecule has 0 spiro atoms. The first-order valence-electron chi connectivity index (χ1n) is 42.1. The molecule has 3 aliphatic rings. The molecule has 1 aromatic heterocycles. The minimum absolute atomic E-state index is 0.0000204. The van der Waals surface area contributed by atoms with Gasteiger partial charge in [0.05, 0.1) is 97.9 Å². The van der Waals surface area contributed by atoms with Crippen LogP contribution in [-0.2, 0) is 6.42 Å². The minimum Gasteiger partial charge on any atom is -0.309 e. The Hall–Kier alpha value is -11.7. The van der Waals surface area contributed by atoms with Crippen LogP contribution >= 0.6 is 0 Å². The highest BCUT2D eigenvalue weighted by Gasteiger charge is 2.43. The molecule has 422 valence electrons. The molecule has 0 bridgehead atoms. The summed E-state index contributed by atoms with van der Waals surface area (Å²) in [5, 5.41) is 1.66. The zero-order valence-electron chi connectivity index (χ0n) is 73.3. The molecule has 0 saturated heterocycles. The molecule has 0 radical (unpaired) electrons. The molecule has 0 amide bonds. The topological polar surface area (TPSA) is 14.7 Å². The number of anilines is 9. The fraction of sp³-hybridized carbons (Fsp3) is 0.0233. The maximum absolute atomic E-state index is 10.5. The molecule has 0 fully saturated rings. The van der Waals surface area contributed by atoms with Gasteiger partial charge in [-0.1, -0.05) is 278 Å². The molecular weight excluding hydrogens is 1090 g/mol. The van der Waals surface area contributed by atoms with E-state index in [1.54, 1.807) is 42.5 Å². The van der Waals surface area contributed by atoms with Gasteiger partial charge < -0.3 is 19.3 Å². The van der Waals surface area contributed by atoms with Crippen LogP contribution in [0.4, 0.5) is 51.2 Å². The predicted molar refractivity (Wildman–Crippen MR) is 376 cm³/mol. The number of aromatic nitrogens is 1. The highest BCUT2D eigenvalue weighted by Crippen LogP contribution is 2.67. The normalized spacial score (nSPS) is 17.0. The van der Waals surface area contributed by atoms with E-state index >= 15 is 0 Å². The third-order valence-electron chi connectivity index (χ3n) is 17.2. The van der Waals surface area contributed by atoms with Gasteiger partial charge in [-0.15, -0.1) is 0 Å². The average Bonchev–Trinajstić information content (AvgIpc) is 0.705. The molecule has 14 aromatic carbocycles. The van der Waals surface area contributed by atoms with Gasteiger partial charge in [-0.3, -0.25) is 0 Å². The molecular formula is C86H58N4. The second-order valence-corrected chi connectivity index (χ2v) is 22.0. The van der Waals surface area contributed by atoms with E-state index in [0.29, 0.717) is 39.8 Å². The lowest BCUT2D eigenvalue weighted by Crippen LogP contribution is -2.31. The summed E-state index contributed by atoms with van der Waals surface area (Å²) in [5.41, 5.74) is 0.377. The van der Waals surface area contributed by atoms with Crippen LogP contribution in [0.3, 0.4) is 0 Å². The van der Waals surface area contributed by atoms with E-state index < -0.39 is 219 Å². The van der Waals surface area contributed by atoms with E-state index in [1.807, 2.05) is 143 Å². The SMILES string of the molecule is [2H]c1c([2H])c([2H])c(-c2c([2H])c([2H])c([2H])c(-c3c([2H])c([2H])c([2H])c([2H])c3[2H])c2N2c3ccc(-c4ccccc4)cc3N3c4ccc(-n5c6ccccc6c6ccccc65)cc4N(c4c(-c5c([2H])c([2H])c([2H])c([2H])c5[2H])c([2H])c([2H])c([2H])c4-c4c([2H])c([2H])c([2H])c([2H])c4[2H])c4cc(C5c6ccccc6Cc6ccccc65)cc2c43)c([2H])c1[2H]. The second-order valence-electron chi connectivity index (χ2n) is 22.0. The van der Waals surface area contributed by atoms with Crippen molar-refractivity contribution in [3.05, 3.63) is 361 Å². The first-order chi connectivity index (χ1) is 55.5. The standard InChI is InChI=1S/C86H58N4/c1-6-26-57(27-7-1)62-48-50-77-79(53-62)88-78-51-49-66(87-75-46-22-20-40-73(75)74-41-21-23-47-76(74)87)56-80(78)90(85-71(60-32-12-4-13-33-60)44-25-45-72(85)61-34-14-5-15-35-61)82-55-65(83-67-38-18-16-36-63(67)52-64-37-17-19-39-68(64)83)54-81(86(82)88)89(77)84-69(58-28-8-2-9-29-58)42-24-43-70(84)59-30-10-3-11-31-59/h1-51,53-56,83H,52H2/i2D,3D,4D,5D,8D,9D,10D,11D,12D,13D,14D,15D,24D,25D,28D,29D,30D,31D,32D,33D,34D,35D,42D,43D,44D,45D. The molecule has 15 aromatic rings. The lowest BCUT2D eigenvalue weighted by molar-refractivity contribution is 0.884. The van der Waals surface area contributed by atoms with E-state index in [0.717, 1.165) is 33.0 Å². The molecule has 2 aliphatic heterocycles. The summed E-state index contributed by atoms with van der Waals surface area (Å²) in [6.07, 6.45) is 0.421. The number of nitrogens with zero attached hydrogens (tertiary/aromatic N) is 4. The monoisotopic (exact) mass is 1170 g/mol. The Morgan fingerprint density at radius 3 is 1.20 bits per heavy atom. The van der Waals surface area contributed by atoms with Crippen LogP contribution in [0.25, 0.3) is 83.1 Å². The zero-order chi connectivity index (χ0) is 81.9. The van der Waals surface area contributed by atoms with Crippen molar-refractivity contribution in [2.45, 2.75) is 12.3 Å². The van der Waals surface area contributed by atoms with Crippen molar-refractivity contribution in [2.75, 3.05) is 14.7 Å². The van der Waals surface area contributed by atoms with Crippen molar-refractivity contribution in [1.29, 1.82) is 0 Å². The molecule has 4 heteroatoms. The molecule has 0 unspecified atom stereocenters. The zero-order valence-corrected chi connectivity index (χ0v) is 47.3. The Kier molecular flexibility index (Phi) is 7.42. The molecule has 3 heterocycles. The number of rotatable bonds is 9. The van der Waals surface area contributed by atoms with Gasteiger partial charge in [-0.05, 0) is 122 Å². The van der Waals surface area contributed by atoms with Gasteiger partial charge >= 0.3 is 0 Å². The minimum atomic E-state index is -0.967. The quantitative estimate of drug-likeness (QED) is 0.143. The van der Waals surface area contributed by atoms with Gasteiger partial charge in [0.15, 0.2) is 0 Å². The Bertz CT molecular complexity index is 6530. The van der Waals surface area contributed by atoms with E-state index in [9.17, 15) is 30.2 Å². The number of para-hydroxylation sites is 4. The average molecular weight is 1170 g/mol. The van der Waals surface area contributed by atoms with E-state index in [1.165, 1.54) is 9.80 Å². The summed E-state index contributed by atoms with van der Waals surface area (Å²) in [5.74, 6) is -0.896. The van der Waals surface area contributed by atoms with Gasteiger partial charge in [0, 0.05) is 44.6 Å². The largest absolute Gasteiger partial charge is 0.309 e. The predicted octanol–water partition coefficient (Wildman–Crippen LogP) is 23.2. The first kappa shape index (κ1) is 31.8. The van der Waals surface area contributed by atoms with Gasteiger partial charge in [0.1, 0.15) is 0 Å². The lowest BCUT2D eigenvalue weighted by atomic mass is 9.74. The summed E-state index contributed by atoms with van der Waals surface area (Å²) in [6.45, 7) is 0. The summed E-state index contributed by atoms with van der Waals surface area (Å²) in [7, 11) is 0. The lowest BCUT2D eigenvalue weighted by Gasteiger charge is -2.49. The van der Waals surface area contributed by atoms with Gasteiger partial charge in [0.2, 0.25) is 0 Å². The fourth-order valence-corrected chi connectivity index (χ4v) is 13.6. The number of hydrogen-bond donors (Lipinski definition) is 0. The Labute approximate surface area is 560 Å². The number of benzene rings is 14. The number of fused-ring (bicyclic) bond motifs is 9. The molecule has 4 nitrogen and oxygen atoms in total. The highest BCUT2D eigenvalue weighted by atomic mass is 15.3. The highest BCUT2D eigenvalue weighted by molar-refractivity contribution is 6.17. The molecule has 1 aliphatic carbocycles. The van der Waals surface area contributed by atoms with Crippen LogP contribution in [-0.4, -0.2) is 4.57 Å². The third-order valence-corrected chi connectivity index (χ3v) is 17.2. The van der Waals surface area contributed by atoms with E-state index in [2.05, 4.69) is 0 Å². The first-order valence-corrected chi connectivity index (χ1v) is 29.1. The maximum atomic E-state index is 10.5. The van der Waals surface area contributed by atoms with Crippen LogP contribution in [0.2, 0.25) is 0 Å². The van der Waals surface area contributed by atoms with Crippen molar-refractivity contribution >= 4 is 73.0 Å². The molecule has 90 heavy (non-hydrogen) atoms. The molecule has 0 saturated carbocycles. The van der Waals surface area contributed by atoms with Gasteiger partial charge in [-0.25, -0.2) is 0 Å². The van der Waals surface area contributed by atoms with E-state index in [4.69, 9.17) is 5.48 Å². The van der Waals surface area contributed by atoms with Crippen molar-refractivity contribution in [2.24, 2.45) is 0 Å². The van der Waals surface area contributed by atoms with Crippen LogP contribution in [0.15, 0.2) is 333 Å². The Morgan fingerprint density at radius 2 is 0.700 bits per heavy atom. The summed E-state index contributed by atoms with van der Waals surface area (Å²) in [6, 6.07) is 30.4. The van der Waals surface area contributed by atoms with Crippen molar-refractivity contribution in [3.8, 4) is 61.3 Å². The summed E-state index contributed by atoms with van der Waals surface area (Å²) >= 11 is 0. The maximum Gasteiger partial charge on any atom is 0.0948 e. The number of hydrogen-bond acceptors (Lipinski definition) is 3. The van der Waals surface area contributed by atoms with Crippen LogP contribution in [0.1, 0.15) is 69.4 Å². The van der Waals surface area contributed by atoms with E-state index in [-0.39, 0.29) is 39.8 Å². The summed E-state index contributed by atoms with van der Waals surface area (Å²) < 4.78 is 254. The van der Waals surface area contributed by atoms with Crippen molar-refractivity contribution < 1.29 is 35.6 Å². The van der Waals surface area contributed by atoms with Crippen molar-refractivity contribution in [1.82, 2.24) is 4.57 Å². The van der Waals surface area contributed by atoms with Crippen LogP contribution in [0, 0.1) is 0 Å². The van der Waals surface area contributed by atoms with Gasteiger partial charge in [0.25, 0.3) is 0 Å². The fourth-order valence-electron chi connectivity index (χ4n) is 13.6. The third kappa shape index (κ3) is 8.15. The Balaban J connectivity index is 1.14. The van der Waals surface area contributed by atoms with Gasteiger partial charge in [-0.2, -0.15) is 0 Å².